The highest BCUT2D eigenvalue weighted by Gasteiger charge is 2.18. The van der Waals surface area contributed by atoms with E-state index in [0.717, 1.165) is 11.4 Å². The number of rotatable bonds is 7. The molecule has 0 aromatic carbocycles. The lowest BCUT2D eigenvalue weighted by Crippen LogP contribution is -2.26. The van der Waals surface area contributed by atoms with E-state index in [9.17, 15) is 9.59 Å². The van der Waals surface area contributed by atoms with E-state index in [4.69, 9.17) is 16.3 Å². The minimum absolute atomic E-state index is 0.180. The van der Waals surface area contributed by atoms with Gasteiger partial charge in [0.05, 0.1) is 23.0 Å². The highest BCUT2D eigenvalue weighted by molar-refractivity contribution is 6.31. The second-order valence-corrected chi connectivity index (χ2v) is 5.95. The van der Waals surface area contributed by atoms with Crippen molar-refractivity contribution in [2.45, 2.75) is 33.7 Å². The van der Waals surface area contributed by atoms with Crippen molar-refractivity contribution in [3.63, 3.8) is 0 Å². The smallest absolute Gasteiger partial charge is 0.356 e. The number of ether oxygens (including phenoxy) is 1. The standard InChI is InChI=1S/C16H22ClN5O3/c1-5-25-16(24)13-9-12(20-21(13)4)15(23)18-7-6-8-22-11(3)14(17)10(2)19-22/h9H,5-8H2,1-4H3,(H,18,23). The first-order valence-corrected chi connectivity index (χ1v) is 8.41. The molecule has 136 valence electrons. The van der Waals surface area contributed by atoms with Crippen LogP contribution >= 0.6 is 11.6 Å². The summed E-state index contributed by atoms with van der Waals surface area (Å²) in [6.45, 7) is 6.86. The monoisotopic (exact) mass is 367 g/mol. The third-order valence-corrected chi connectivity index (χ3v) is 4.27. The Hall–Kier alpha value is -2.35. The summed E-state index contributed by atoms with van der Waals surface area (Å²) in [7, 11) is 1.59. The molecule has 0 aliphatic rings. The van der Waals surface area contributed by atoms with E-state index < -0.39 is 5.97 Å². The van der Waals surface area contributed by atoms with Crippen LogP contribution in [-0.2, 0) is 18.3 Å². The zero-order valence-electron chi connectivity index (χ0n) is 14.8. The summed E-state index contributed by atoms with van der Waals surface area (Å²) < 4.78 is 8.08. The molecule has 8 nitrogen and oxygen atoms in total. The first-order chi connectivity index (χ1) is 11.8. The second kappa shape index (κ2) is 8.15. The molecule has 0 spiro atoms. The van der Waals surface area contributed by atoms with Crippen molar-refractivity contribution in [3.05, 3.63) is 33.9 Å². The molecule has 0 radical (unpaired) electrons. The van der Waals surface area contributed by atoms with Gasteiger partial charge in [-0.25, -0.2) is 4.79 Å². The number of amides is 1. The highest BCUT2D eigenvalue weighted by Crippen LogP contribution is 2.18. The van der Waals surface area contributed by atoms with Crippen LogP contribution in [0.15, 0.2) is 6.07 Å². The molecule has 2 aromatic heterocycles. The lowest BCUT2D eigenvalue weighted by molar-refractivity contribution is 0.0513. The molecule has 0 saturated heterocycles. The molecule has 9 heteroatoms. The van der Waals surface area contributed by atoms with E-state index in [2.05, 4.69) is 15.5 Å². The number of nitrogens with one attached hydrogen (secondary N) is 1. The number of carbonyl (C=O) groups is 2. The predicted molar refractivity (Wildman–Crippen MR) is 92.8 cm³/mol. The molecular weight excluding hydrogens is 346 g/mol. The van der Waals surface area contributed by atoms with Gasteiger partial charge in [-0.2, -0.15) is 10.2 Å². The molecule has 1 N–H and O–H groups in total. The predicted octanol–water partition coefficient (Wildman–Crippen LogP) is 1.88. The van der Waals surface area contributed by atoms with Gasteiger partial charge in [0.1, 0.15) is 5.69 Å². The van der Waals surface area contributed by atoms with Crippen LogP contribution in [0.2, 0.25) is 5.02 Å². The van der Waals surface area contributed by atoms with Gasteiger partial charge >= 0.3 is 5.97 Å². The molecule has 0 saturated carbocycles. The summed E-state index contributed by atoms with van der Waals surface area (Å²) in [5, 5.41) is 11.8. The lowest BCUT2D eigenvalue weighted by atomic mass is 10.3. The summed E-state index contributed by atoms with van der Waals surface area (Å²) in [5.41, 5.74) is 2.13. The fourth-order valence-corrected chi connectivity index (χ4v) is 2.52. The van der Waals surface area contributed by atoms with E-state index in [0.29, 0.717) is 24.5 Å². The number of hydrogen-bond acceptors (Lipinski definition) is 5. The molecule has 2 aromatic rings. The number of halogens is 1. The SMILES string of the molecule is CCOC(=O)c1cc(C(=O)NCCCn2nc(C)c(Cl)c2C)nn1C. The summed E-state index contributed by atoms with van der Waals surface area (Å²) in [6, 6.07) is 1.42. The summed E-state index contributed by atoms with van der Waals surface area (Å²) in [6.07, 6.45) is 0.696. The number of aryl methyl sites for hydroxylation is 3. The molecule has 0 bridgehead atoms. The van der Waals surface area contributed by atoms with E-state index in [-0.39, 0.29) is 23.9 Å². The Kier molecular flexibility index (Phi) is 6.19. The van der Waals surface area contributed by atoms with Crippen LogP contribution in [0.25, 0.3) is 0 Å². The zero-order chi connectivity index (χ0) is 18.6. The van der Waals surface area contributed by atoms with Crippen molar-refractivity contribution in [1.29, 1.82) is 0 Å². The summed E-state index contributed by atoms with van der Waals surface area (Å²) >= 11 is 6.11. The fraction of sp³-hybridized carbons (Fsp3) is 0.500. The Morgan fingerprint density at radius 3 is 2.64 bits per heavy atom. The molecule has 0 aliphatic carbocycles. The van der Waals surface area contributed by atoms with Crippen LogP contribution in [-0.4, -0.2) is 44.6 Å². The second-order valence-electron chi connectivity index (χ2n) is 5.58. The number of hydrogen-bond donors (Lipinski definition) is 1. The van der Waals surface area contributed by atoms with Gasteiger partial charge in [-0.05, 0) is 27.2 Å². The van der Waals surface area contributed by atoms with Crippen LogP contribution < -0.4 is 5.32 Å². The average molecular weight is 368 g/mol. The van der Waals surface area contributed by atoms with Crippen molar-refractivity contribution in [1.82, 2.24) is 24.9 Å². The van der Waals surface area contributed by atoms with Gasteiger partial charge in [0.15, 0.2) is 5.69 Å². The Balaban J connectivity index is 1.87. The molecule has 0 fully saturated rings. The zero-order valence-corrected chi connectivity index (χ0v) is 15.6. The van der Waals surface area contributed by atoms with Gasteiger partial charge in [0, 0.05) is 26.2 Å². The molecule has 2 heterocycles. The average Bonchev–Trinajstić information content (AvgIpc) is 3.07. The first-order valence-electron chi connectivity index (χ1n) is 8.04. The van der Waals surface area contributed by atoms with Gasteiger partial charge in [-0.15, -0.1) is 0 Å². The summed E-state index contributed by atoms with van der Waals surface area (Å²) in [4.78, 5) is 23.9. The largest absolute Gasteiger partial charge is 0.461 e. The van der Waals surface area contributed by atoms with Crippen molar-refractivity contribution >= 4 is 23.5 Å². The maximum Gasteiger partial charge on any atom is 0.356 e. The normalized spacial score (nSPS) is 10.8. The van der Waals surface area contributed by atoms with Crippen molar-refractivity contribution in [2.75, 3.05) is 13.2 Å². The molecule has 2 rings (SSSR count). The highest BCUT2D eigenvalue weighted by atomic mass is 35.5. The minimum atomic E-state index is -0.502. The minimum Gasteiger partial charge on any atom is -0.461 e. The third kappa shape index (κ3) is 4.39. The Morgan fingerprint density at radius 1 is 1.32 bits per heavy atom. The molecule has 25 heavy (non-hydrogen) atoms. The third-order valence-electron chi connectivity index (χ3n) is 3.72. The number of nitrogens with zero attached hydrogens (tertiary/aromatic N) is 4. The summed E-state index contributed by atoms with van der Waals surface area (Å²) in [5.74, 6) is -0.837. The fourth-order valence-electron chi connectivity index (χ4n) is 2.39. The maximum atomic E-state index is 12.1. The van der Waals surface area contributed by atoms with Crippen LogP contribution in [0, 0.1) is 13.8 Å². The van der Waals surface area contributed by atoms with Crippen LogP contribution in [0.1, 0.15) is 45.7 Å². The Bertz CT molecular complexity index is 781. The Labute approximate surface area is 151 Å². The van der Waals surface area contributed by atoms with Crippen molar-refractivity contribution in [3.8, 4) is 0 Å². The lowest BCUT2D eigenvalue weighted by Gasteiger charge is -2.05. The van der Waals surface area contributed by atoms with Gasteiger partial charge in [-0.3, -0.25) is 14.2 Å². The van der Waals surface area contributed by atoms with Gasteiger partial charge in [-0.1, -0.05) is 11.6 Å². The number of carbonyl (C=O) groups excluding carboxylic acids is 2. The topological polar surface area (TPSA) is 91.0 Å². The number of aromatic nitrogens is 4. The molecule has 1 amide bonds. The van der Waals surface area contributed by atoms with Gasteiger partial charge < -0.3 is 10.1 Å². The van der Waals surface area contributed by atoms with E-state index in [1.165, 1.54) is 10.7 Å². The molecular formula is C16H22ClN5O3. The molecule has 0 atom stereocenters. The quantitative estimate of drug-likeness (QED) is 0.596. The maximum absolute atomic E-state index is 12.1. The Morgan fingerprint density at radius 2 is 2.04 bits per heavy atom. The number of esters is 1. The van der Waals surface area contributed by atoms with Crippen molar-refractivity contribution < 1.29 is 14.3 Å². The van der Waals surface area contributed by atoms with Crippen molar-refractivity contribution in [2.24, 2.45) is 7.05 Å². The molecule has 0 unspecified atom stereocenters. The van der Waals surface area contributed by atoms with Crippen LogP contribution in [0.4, 0.5) is 0 Å². The van der Waals surface area contributed by atoms with Crippen LogP contribution in [0.3, 0.4) is 0 Å². The van der Waals surface area contributed by atoms with E-state index >= 15 is 0 Å². The van der Waals surface area contributed by atoms with E-state index in [1.807, 2.05) is 18.5 Å². The molecule has 0 aliphatic heterocycles. The first kappa shape index (κ1) is 19.0. The van der Waals surface area contributed by atoms with Crippen LogP contribution in [0.5, 0.6) is 0 Å². The van der Waals surface area contributed by atoms with Gasteiger partial charge in [0.2, 0.25) is 0 Å². The van der Waals surface area contributed by atoms with E-state index in [1.54, 1.807) is 14.0 Å². The van der Waals surface area contributed by atoms with Gasteiger partial charge in [0.25, 0.3) is 5.91 Å².